The van der Waals surface area contributed by atoms with E-state index in [4.69, 9.17) is 0 Å². The average Bonchev–Trinajstić information content (AvgIpc) is 2.54. The van der Waals surface area contributed by atoms with Crippen LogP contribution in [-0.2, 0) is 0 Å². The number of rotatable bonds is 6. The summed E-state index contributed by atoms with van der Waals surface area (Å²) in [5, 5.41) is 14.8. The van der Waals surface area contributed by atoms with E-state index in [1.165, 1.54) is 37.7 Å². The molecule has 0 spiro atoms. The van der Waals surface area contributed by atoms with Gasteiger partial charge in [0.1, 0.15) is 0 Å². The molecule has 112 valence electrons. The summed E-state index contributed by atoms with van der Waals surface area (Å²) in [4.78, 5) is 0. The fourth-order valence-corrected chi connectivity index (χ4v) is 3.37. The molecule has 2 nitrogen and oxygen atoms in total. The van der Waals surface area contributed by atoms with Gasteiger partial charge in [0, 0.05) is 6.04 Å². The fraction of sp³-hybridized carbons (Fsp3) is 0.667. The van der Waals surface area contributed by atoms with Crippen LogP contribution in [0, 0.1) is 0 Å². The van der Waals surface area contributed by atoms with Gasteiger partial charge in [-0.1, -0.05) is 63.4 Å². The molecule has 0 heterocycles. The molecule has 0 saturated heterocycles. The maximum atomic E-state index is 11.0. The number of hydrogen-bond donors (Lipinski definition) is 2. The van der Waals surface area contributed by atoms with Gasteiger partial charge in [-0.05, 0) is 31.2 Å². The van der Waals surface area contributed by atoms with Gasteiger partial charge >= 0.3 is 0 Å². The molecule has 1 aliphatic rings. The Kier molecular flexibility index (Phi) is 5.62. The molecular formula is C18H29NO. The first-order valence-corrected chi connectivity index (χ1v) is 8.23. The monoisotopic (exact) mass is 275 g/mol. The van der Waals surface area contributed by atoms with Crippen molar-refractivity contribution in [2.75, 3.05) is 0 Å². The molecule has 1 saturated carbocycles. The molecule has 1 aromatic rings. The van der Waals surface area contributed by atoms with Gasteiger partial charge in [-0.2, -0.15) is 0 Å². The van der Waals surface area contributed by atoms with Crippen molar-refractivity contribution < 1.29 is 5.11 Å². The highest BCUT2D eigenvalue weighted by Crippen LogP contribution is 2.33. The number of hydrogen-bond acceptors (Lipinski definition) is 2. The molecule has 2 rings (SSSR count). The highest BCUT2D eigenvalue weighted by molar-refractivity contribution is 5.22. The lowest BCUT2D eigenvalue weighted by Gasteiger charge is -2.39. The lowest BCUT2D eigenvalue weighted by Crippen LogP contribution is -2.47. The number of benzene rings is 1. The van der Waals surface area contributed by atoms with E-state index >= 15 is 0 Å². The molecule has 1 atom stereocenters. The second-order valence-electron chi connectivity index (χ2n) is 6.16. The van der Waals surface area contributed by atoms with E-state index in [-0.39, 0.29) is 6.04 Å². The quantitative estimate of drug-likeness (QED) is 0.815. The van der Waals surface area contributed by atoms with Gasteiger partial charge < -0.3 is 10.4 Å². The Morgan fingerprint density at radius 3 is 2.25 bits per heavy atom. The zero-order chi connectivity index (χ0) is 14.4. The van der Waals surface area contributed by atoms with Crippen LogP contribution in [0.4, 0.5) is 0 Å². The highest BCUT2D eigenvalue weighted by atomic mass is 16.3. The summed E-state index contributed by atoms with van der Waals surface area (Å²) in [6, 6.07) is 11.0. The van der Waals surface area contributed by atoms with E-state index in [0.717, 1.165) is 12.8 Å². The minimum Gasteiger partial charge on any atom is -0.388 e. The Balaban J connectivity index is 2.19. The predicted molar refractivity (Wildman–Crippen MR) is 84.7 cm³/mol. The van der Waals surface area contributed by atoms with Gasteiger partial charge in [-0.15, -0.1) is 0 Å². The zero-order valence-corrected chi connectivity index (χ0v) is 12.9. The first kappa shape index (κ1) is 15.5. The Hall–Kier alpha value is -0.860. The van der Waals surface area contributed by atoms with Gasteiger partial charge in [0.2, 0.25) is 0 Å². The molecule has 0 aromatic heterocycles. The SMILES string of the molecule is CCC(O)(CC)C(NC1CCCCC1)c1ccccc1. The summed E-state index contributed by atoms with van der Waals surface area (Å²) in [5.74, 6) is 0. The average molecular weight is 275 g/mol. The van der Waals surface area contributed by atoms with E-state index in [9.17, 15) is 5.11 Å². The summed E-state index contributed by atoms with van der Waals surface area (Å²) in [6.45, 7) is 4.17. The van der Waals surface area contributed by atoms with Crippen LogP contribution in [0.2, 0.25) is 0 Å². The summed E-state index contributed by atoms with van der Waals surface area (Å²) in [5.41, 5.74) is 0.558. The highest BCUT2D eigenvalue weighted by Gasteiger charge is 2.35. The van der Waals surface area contributed by atoms with Crippen LogP contribution in [0.1, 0.15) is 70.4 Å². The Morgan fingerprint density at radius 1 is 1.10 bits per heavy atom. The first-order valence-electron chi connectivity index (χ1n) is 8.23. The molecular weight excluding hydrogens is 246 g/mol. The van der Waals surface area contributed by atoms with Crippen LogP contribution in [-0.4, -0.2) is 16.7 Å². The Morgan fingerprint density at radius 2 is 1.70 bits per heavy atom. The van der Waals surface area contributed by atoms with E-state index in [2.05, 4.69) is 43.4 Å². The molecule has 0 radical (unpaired) electrons. The number of nitrogens with one attached hydrogen (secondary N) is 1. The Labute approximate surface area is 123 Å². The normalized spacial score (nSPS) is 18.9. The van der Waals surface area contributed by atoms with Crippen molar-refractivity contribution in [3.8, 4) is 0 Å². The van der Waals surface area contributed by atoms with Gasteiger partial charge in [-0.3, -0.25) is 0 Å². The van der Waals surface area contributed by atoms with Crippen molar-refractivity contribution in [2.45, 2.75) is 76.5 Å². The van der Waals surface area contributed by atoms with Crippen LogP contribution < -0.4 is 5.32 Å². The third-order valence-corrected chi connectivity index (χ3v) is 4.90. The maximum Gasteiger partial charge on any atom is 0.0836 e. The van der Waals surface area contributed by atoms with Crippen LogP contribution in [0.5, 0.6) is 0 Å². The number of aliphatic hydroxyl groups is 1. The molecule has 0 aliphatic heterocycles. The zero-order valence-electron chi connectivity index (χ0n) is 12.9. The summed E-state index contributed by atoms with van der Waals surface area (Å²) >= 11 is 0. The summed E-state index contributed by atoms with van der Waals surface area (Å²) in [7, 11) is 0. The van der Waals surface area contributed by atoms with Crippen molar-refractivity contribution in [2.24, 2.45) is 0 Å². The fourth-order valence-electron chi connectivity index (χ4n) is 3.37. The third-order valence-electron chi connectivity index (χ3n) is 4.90. The Bertz CT molecular complexity index is 380. The molecule has 0 bridgehead atoms. The minimum atomic E-state index is -0.654. The van der Waals surface area contributed by atoms with Gasteiger partial charge in [0.25, 0.3) is 0 Å². The molecule has 0 amide bonds. The van der Waals surface area contributed by atoms with E-state index in [1.807, 2.05) is 6.07 Å². The van der Waals surface area contributed by atoms with Crippen molar-refractivity contribution in [3.05, 3.63) is 35.9 Å². The second kappa shape index (κ2) is 7.24. The third kappa shape index (κ3) is 3.62. The molecule has 1 aromatic carbocycles. The largest absolute Gasteiger partial charge is 0.388 e. The van der Waals surface area contributed by atoms with Crippen molar-refractivity contribution in [1.29, 1.82) is 0 Å². The standard InChI is InChI=1S/C18H29NO/c1-3-18(20,4-2)17(15-11-7-5-8-12-15)19-16-13-9-6-10-14-16/h5,7-8,11-12,16-17,19-20H,3-4,6,9-10,13-14H2,1-2H3. The summed E-state index contributed by atoms with van der Waals surface area (Å²) in [6.07, 6.45) is 8.04. The van der Waals surface area contributed by atoms with Crippen molar-refractivity contribution in [1.82, 2.24) is 5.32 Å². The smallest absolute Gasteiger partial charge is 0.0836 e. The van der Waals surface area contributed by atoms with Gasteiger partial charge in [0.05, 0.1) is 11.6 Å². The molecule has 2 N–H and O–H groups in total. The van der Waals surface area contributed by atoms with Crippen LogP contribution >= 0.6 is 0 Å². The molecule has 20 heavy (non-hydrogen) atoms. The second-order valence-corrected chi connectivity index (χ2v) is 6.16. The topological polar surface area (TPSA) is 32.3 Å². The lowest BCUT2D eigenvalue weighted by atomic mass is 9.82. The van der Waals surface area contributed by atoms with Crippen molar-refractivity contribution in [3.63, 3.8) is 0 Å². The van der Waals surface area contributed by atoms with Crippen LogP contribution in [0.3, 0.4) is 0 Å². The first-order chi connectivity index (χ1) is 9.69. The lowest BCUT2D eigenvalue weighted by molar-refractivity contribution is -0.0124. The van der Waals surface area contributed by atoms with Crippen LogP contribution in [0.15, 0.2) is 30.3 Å². The van der Waals surface area contributed by atoms with Crippen LogP contribution in [0.25, 0.3) is 0 Å². The molecule has 2 heteroatoms. The minimum absolute atomic E-state index is 0.0433. The van der Waals surface area contributed by atoms with E-state index in [1.54, 1.807) is 0 Å². The van der Waals surface area contributed by atoms with Gasteiger partial charge in [-0.25, -0.2) is 0 Å². The van der Waals surface area contributed by atoms with E-state index in [0.29, 0.717) is 6.04 Å². The molecule has 1 aliphatic carbocycles. The van der Waals surface area contributed by atoms with E-state index < -0.39 is 5.60 Å². The molecule has 1 fully saturated rings. The summed E-state index contributed by atoms with van der Waals surface area (Å²) < 4.78 is 0. The molecule has 1 unspecified atom stereocenters. The maximum absolute atomic E-state index is 11.0. The van der Waals surface area contributed by atoms with Gasteiger partial charge in [0.15, 0.2) is 0 Å². The predicted octanol–water partition coefficient (Wildman–Crippen LogP) is 4.20. The van der Waals surface area contributed by atoms with Crippen molar-refractivity contribution >= 4 is 0 Å².